The molecule has 0 fully saturated rings. The van der Waals surface area contributed by atoms with Crippen molar-refractivity contribution in [3.8, 4) is 0 Å². The van der Waals surface area contributed by atoms with Crippen molar-refractivity contribution in [1.82, 2.24) is 4.90 Å². The van der Waals surface area contributed by atoms with Gasteiger partial charge >= 0.3 is 0 Å². The molecule has 4 heteroatoms. The van der Waals surface area contributed by atoms with Gasteiger partial charge in [-0.1, -0.05) is 52.8 Å². The number of para-hydroxylation sites is 1. The lowest BCUT2D eigenvalue weighted by molar-refractivity contribution is -0.146. The van der Waals surface area contributed by atoms with Gasteiger partial charge in [-0.2, -0.15) is 0 Å². The zero-order chi connectivity index (χ0) is 19.3. The Kier molecular flexibility index (Phi) is 7.21. The summed E-state index contributed by atoms with van der Waals surface area (Å²) in [5.74, 6) is -0.367. The van der Waals surface area contributed by atoms with Gasteiger partial charge in [-0.25, -0.2) is 0 Å². The number of rotatable bonds is 7. The molecule has 0 radical (unpaired) electrons. The molecule has 1 rings (SSSR count). The van der Waals surface area contributed by atoms with Crippen LogP contribution in [0.25, 0.3) is 0 Å². The van der Waals surface area contributed by atoms with Crippen LogP contribution in [0.2, 0.25) is 0 Å². The second-order valence-electron chi connectivity index (χ2n) is 8.17. The first kappa shape index (κ1) is 21.2. The lowest BCUT2D eigenvalue weighted by atomic mass is 9.85. The summed E-state index contributed by atoms with van der Waals surface area (Å²) >= 11 is 0. The zero-order valence-electron chi connectivity index (χ0n) is 16.9. The number of amides is 2. The number of anilines is 1. The van der Waals surface area contributed by atoms with E-state index in [1.165, 1.54) is 0 Å². The van der Waals surface area contributed by atoms with Gasteiger partial charge in [-0.15, -0.1) is 0 Å². The number of nitrogens with zero attached hydrogens (tertiary/aromatic N) is 1. The Balaban J connectivity index is 3.04. The topological polar surface area (TPSA) is 49.4 Å². The van der Waals surface area contributed by atoms with Gasteiger partial charge in [0.25, 0.3) is 0 Å². The van der Waals surface area contributed by atoms with E-state index in [9.17, 15) is 9.59 Å². The van der Waals surface area contributed by atoms with E-state index in [2.05, 4.69) is 26.1 Å². The maximum Gasteiger partial charge on any atom is 0.239 e. The van der Waals surface area contributed by atoms with Crippen LogP contribution in [0.1, 0.15) is 66.9 Å². The van der Waals surface area contributed by atoms with E-state index in [0.29, 0.717) is 13.1 Å². The van der Waals surface area contributed by atoms with Gasteiger partial charge in [0.2, 0.25) is 11.8 Å². The molecule has 0 aromatic heterocycles. The molecule has 0 aliphatic heterocycles. The van der Waals surface area contributed by atoms with Crippen molar-refractivity contribution >= 4 is 17.5 Å². The second kappa shape index (κ2) is 8.50. The monoisotopic (exact) mass is 346 g/mol. The van der Waals surface area contributed by atoms with E-state index in [1.54, 1.807) is 18.7 Å². The molecule has 0 saturated heterocycles. The Morgan fingerprint density at radius 3 is 1.96 bits per heavy atom. The van der Waals surface area contributed by atoms with Crippen LogP contribution in [0.15, 0.2) is 24.3 Å². The van der Waals surface area contributed by atoms with E-state index in [0.717, 1.165) is 24.1 Å². The van der Waals surface area contributed by atoms with Gasteiger partial charge < -0.3 is 10.2 Å². The van der Waals surface area contributed by atoms with E-state index in [-0.39, 0.29) is 17.2 Å². The Hall–Kier alpha value is -1.84. The first-order valence-corrected chi connectivity index (χ1v) is 9.26. The van der Waals surface area contributed by atoms with Gasteiger partial charge in [0.1, 0.15) is 5.41 Å². The number of hydrogen-bond acceptors (Lipinski definition) is 2. The van der Waals surface area contributed by atoms with Gasteiger partial charge in [-0.05, 0) is 43.7 Å². The number of hydrogen-bond donors (Lipinski definition) is 1. The Labute approximate surface area is 153 Å². The van der Waals surface area contributed by atoms with Crippen molar-refractivity contribution in [3.63, 3.8) is 0 Å². The predicted octanol–water partition coefficient (Wildman–Crippen LogP) is 4.60. The molecule has 1 aromatic rings. The van der Waals surface area contributed by atoms with Crippen LogP contribution in [0.5, 0.6) is 0 Å². The van der Waals surface area contributed by atoms with Gasteiger partial charge in [-0.3, -0.25) is 9.59 Å². The molecule has 25 heavy (non-hydrogen) atoms. The highest BCUT2D eigenvalue weighted by Crippen LogP contribution is 2.31. The van der Waals surface area contributed by atoms with Crippen LogP contribution >= 0.6 is 0 Å². The highest BCUT2D eigenvalue weighted by atomic mass is 16.2. The minimum absolute atomic E-state index is 0.0888. The normalized spacial score (nSPS) is 12.0. The van der Waals surface area contributed by atoms with Crippen molar-refractivity contribution in [3.05, 3.63) is 29.8 Å². The second-order valence-corrected chi connectivity index (χ2v) is 8.17. The maximum absolute atomic E-state index is 12.9. The van der Waals surface area contributed by atoms with E-state index in [4.69, 9.17) is 0 Å². The molecule has 0 spiro atoms. The molecule has 0 saturated carbocycles. The molecule has 2 amide bonds. The number of carbonyl (C=O) groups is 2. The minimum Gasteiger partial charge on any atom is -0.342 e. The summed E-state index contributed by atoms with van der Waals surface area (Å²) in [6, 6.07) is 7.79. The van der Waals surface area contributed by atoms with Crippen molar-refractivity contribution < 1.29 is 9.59 Å². The maximum atomic E-state index is 12.9. The summed E-state index contributed by atoms with van der Waals surface area (Å²) in [6.07, 6.45) is 1.77. The molecule has 4 nitrogen and oxygen atoms in total. The molecular weight excluding hydrogens is 312 g/mol. The molecule has 1 aromatic carbocycles. The molecule has 140 valence electrons. The van der Waals surface area contributed by atoms with Gasteiger partial charge in [0.05, 0.1) is 0 Å². The quantitative estimate of drug-likeness (QED) is 0.734. The fourth-order valence-electron chi connectivity index (χ4n) is 2.87. The number of benzene rings is 1. The average molecular weight is 347 g/mol. The third kappa shape index (κ3) is 5.32. The van der Waals surface area contributed by atoms with Crippen molar-refractivity contribution in [2.24, 2.45) is 5.41 Å². The lowest BCUT2D eigenvalue weighted by Gasteiger charge is -2.31. The predicted molar refractivity (Wildman–Crippen MR) is 105 cm³/mol. The lowest BCUT2D eigenvalue weighted by Crippen LogP contribution is -2.48. The van der Waals surface area contributed by atoms with Gasteiger partial charge in [0, 0.05) is 18.8 Å². The minimum atomic E-state index is -1.10. The van der Waals surface area contributed by atoms with E-state index < -0.39 is 5.41 Å². The highest BCUT2D eigenvalue weighted by Gasteiger charge is 2.39. The summed E-state index contributed by atoms with van der Waals surface area (Å²) in [4.78, 5) is 27.6. The first-order valence-electron chi connectivity index (χ1n) is 9.26. The van der Waals surface area contributed by atoms with Crippen LogP contribution in [-0.4, -0.2) is 29.8 Å². The van der Waals surface area contributed by atoms with Crippen molar-refractivity contribution in [1.29, 1.82) is 0 Å². The molecular formula is C21H34N2O2. The van der Waals surface area contributed by atoms with E-state index >= 15 is 0 Å². The van der Waals surface area contributed by atoms with Crippen molar-refractivity contribution in [2.45, 2.75) is 66.7 Å². The fourth-order valence-corrected chi connectivity index (χ4v) is 2.87. The molecule has 0 heterocycles. The Morgan fingerprint density at radius 2 is 1.48 bits per heavy atom. The fraction of sp³-hybridized carbons (Fsp3) is 0.619. The zero-order valence-corrected chi connectivity index (χ0v) is 16.9. The smallest absolute Gasteiger partial charge is 0.239 e. The Morgan fingerprint density at radius 1 is 0.960 bits per heavy atom. The summed E-state index contributed by atoms with van der Waals surface area (Å²) < 4.78 is 0. The van der Waals surface area contributed by atoms with Crippen LogP contribution in [-0.2, 0) is 15.0 Å². The molecule has 0 atom stereocenters. The van der Waals surface area contributed by atoms with Crippen LogP contribution in [0.3, 0.4) is 0 Å². The van der Waals surface area contributed by atoms with E-state index in [1.807, 2.05) is 38.1 Å². The molecule has 0 aliphatic rings. The van der Waals surface area contributed by atoms with Crippen LogP contribution in [0.4, 0.5) is 5.69 Å². The highest BCUT2D eigenvalue weighted by molar-refractivity contribution is 6.10. The third-order valence-electron chi connectivity index (χ3n) is 4.36. The summed E-state index contributed by atoms with van der Waals surface area (Å²) in [7, 11) is 0. The number of nitrogens with one attached hydrogen (secondary N) is 1. The Bertz CT molecular complexity index is 594. The largest absolute Gasteiger partial charge is 0.342 e. The van der Waals surface area contributed by atoms with Crippen molar-refractivity contribution in [2.75, 3.05) is 18.4 Å². The standard InChI is InChI=1S/C21H34N2O2/c1-8-14-23(15-9-2)19(25)21(6,7)18(24)22-17-13-11-10-12-16(17)20(3,4)5/h10-13H,8-9,14-15H2,1-7H3,(H,22,24). The number of carbonyl (C=O) groups excluding carboxylic acids is 2. The van der Waals surface area contributed by atoms with Crippen LogP contribution in [0, 0.1) is 5.41 Å². The van der Waals surface area contributed by atoms with Crippen LogP contribution < -0.4 is 5.32 Å². The molecule has 0 bridgehead atoms. The summed E-state index contributed by atoms with van der Waals surface area (Å²) in [5, 5.41) is 2.99. The molecule has 0 unspecified atom stereocenters. The first-order chi connectivity index (χ1) is 11.6. The van der Waals surface area contributed by atoms with Gasteiger partial charge in [0.15, 0.2) is 0 Å². The third-order valence-corrected chi connectivity index (χ3v) is 4.36. The molecule has 1 N–H and O–H groups in total. The SMILES string of the molecule is CCCN(CCC)C(=O)C(C)(C)C(=O)Nc1ccccc1C(C)(C)C. The average Bonchev–Trinajstić information content (AvgIpc) is 2.53. The molecule has 0 aliphatic carbocycles. The summed E-state index contributed by atoms with van der Waals surface area (Å²) in [5.41, 5.74) is 0.646. The summed E-state index contributed by atoms with van der Waals surface area (Å²) in [6.45, 7) is 15.2.